The Morgan fingerprint density at radius 1 is 1.09 bits per heavy atom. The van der Waals surface area contributed by atoms with Gasteiger partial charge in [-0.05, 0) is 62.3 Å². The number of nitrogens with one attached hydrogen (secondary N) is 2. The van der Waals surface area contributed by atoms with Crippen LogP contribution in [-0.4, -0.2) is 31.4 Å². The Kier molecular flexibility index (Phi) is 4.63. The third-order valence-electron chi connectivity index (χ3n) is 4.10. The van der Waals surface area contributed by atoms with E-state index in [1.54, 1.807) is 0 Å². The molecule has 0 bridgehead atoms. The molecule has 3 rings (SSSR count). The summed E-state index contributed by atoms with van der Waals surface area (Å²) < 4.78 is 0. The van der Waals surface area contributed by atoms with Crippen LogP contribution in [0.1, 0.15) is 23.6 Å². The second-order valence-corrected chi connectivity index (χ2v) is 6.30. The van der Waals surface area contributed by atoms with Crippen LogP contribution in [-0.2, 0) is 11.2 Å². The molecule has 0 aromatic heterocycles. The minimum Gasteiger partial charge on any atom is -0.378 e. The van der Waals surface area contributed by atoms with Gasteiger partial charge in [-0.1, -0.05) is 24.3 Å². The number of anilines is 2. The molecule has 0 aliphatic heterocycles. The maximum Gasteiger partial charge on any atom is 0.238 e. The molecular weight excluding hydrogens is 286 g/mol. The molecule has 2 aromatic rings. The molecule has 1 aliphatic carbocycles. The number of hydrogen-bond donors (Lipinski definition) is 2. The van der Waals surface area contributed by atoms with Gasteiger partial charge in [-0.15, -0.1) is 0 Å². The summed E-state index contributed by atoms with van der Waals surface area (Å²) in [5.74, 6) is 0.000398. The van der Waals surface area contributed by atoms with Crippen LogP contribution in [0.25, 0.3) is 0 Å². The van der Waals surface area contributed by atoms with Gasteiger partial charge in [0.1, 0.15) is 0 Å². The fourth-order valence-electron chi connectivity index (χ4n) is 3.05. The van der Waals surface area contributed by atoms with Crippen LogP contribution in [0.2, 0.25) is 0 Å². The van der Waals surface area contributed by atoms with Gasteiger partial charge in [0, 0.05) is 11.4 Å². The van der Waals surface area contributed by atoms with E-state index in [-0.39, 0.29) is 5.91 Å². The van der Waals surface area contributed by atoms with Crippen LogP contribution in [0.4, 0.5) is 11.4 Å². The topological polar surface area (TPSA) is 44.4 Å². The number of amides is 1. The van der Waals surface area contributed by atoms with Crippen molar-refractivity contribution in [1.82, 2.24) is 4.90 Å². The van der Waals surface area contributed by atoms with Crippen molar-refractivity contribution in [2.24, 2.45) is 0 Å². The predicted molar refractivity (Wildman–Crippen MR) is 94.8 cm³/mol. The highest BCUT2D eigenvalue weighted by Crippen LogP contribution is 2.33. The van der Waals surface area contributed by atoms with Gasteiger partial charge in [-0.2, -0.15) is 0 Å². The minimum atomic E-state index is 0.000398. The number of carbonyl (C=O) groups excluding carboxylic acids is 1. The fraction of sp³-hybridized carbons (Fsp3) is 0.316. The molecule has 4 nitrogen and oxygen atoms in total. The number of benzene rings is 2. The Morgan fingerprint density at radius 3 is 2.52 bits per heavy atom. The first kappa shape index (κ1) is 15.6. The van der Waals surface area contributed by atoms with Crippen LogP contribution < -0.4 is 10.6 Å². The standard InChI is InChI=1S/C19H23N3O/c1-22(2)13-19(23)21-16-10-8-15(9-11-16)20-18-12-7-14-5-3-4-6-17(14)18/h3-6,8-11,18,20H,7,12-13H2,1-2H3,(H,21,23). The lowest BCUT2D eigenvalue weighted by molar-refractivity contribution is -0.116. The summed E-state index contributed by atoms with van der Waals surface area (Å²) in [5.41, 5.74) is 4.75. The normalized spacial score (nSPS) is 16.2. The third kappa shape index (κ3) is 3.90. The second kappa shape index (κ2) is 6.84. The Morgan fingerprint density at radius 2 is 1.78 bits per heavy atom. The largest absolute Gasteiger partial charge is 0.378 e. The average Bonchev–Trinajstić information content (AvgIpc) is 2.92. The highest BCUT2D eigenvalue weighted by atomic mass is 16.2. The zero-order chi connectivity index (χ0) is 16.2. The molecule has 1 aliphatic rings. The van der Waals surface area contributed by atoms with Gasteiger partial charge in [0.25, 0.3) is 0 Å². The van der Waals surface area contributed by atoms with Crippen molar-refractivity contribution < 1.29 is 4.79 Å². The van der Waals surface area contributed by atoms with Crippen LogP contribution in [0.5, 0.6) is 0 Å². The number of rotatable bonds is 5. The summed E-state index contributed by atoms with van der Waals surface area (Å²) in [5, 5.41) is 6.49. The summed E-state index contributed by atoms with van der Waals surface area (Å²) in [6.07, 6.45) is 2.26. The van der Waals surface area contributed by atoms with E-state index in [9.17, 15) is 4.79 Å². The summed E-state index contributed by atoms with van der Waals surface area (Å²) in [7, 11) is 3.76. The van der Waals surface area contributed by atoms with Crippen LogP contribution in [0.15, 0.2) is 48.5 Å². The summed E-state index contributed by atoms with van der Waals surface area (Å²) in [6, 6.07) is 16.9. The second-order valence-electron chi connectivity index (χ2n) is 6.30. The van der Waals surface area contributed by atoms with Gasteiger partial charge in [-0.3, -0.25) is 4.79 Å². The van der Waals surface area contributed by atoms with Crippen molar-refractivity contribution in [2.45, 2.75) is 18.9 Å². The van der Waals surface area contributed by atoms with E-state index in [1.807, 2.05) is 43.3 Å². The molecule has 1 amide bonds. The summed E-state index contributed by atoms with van der Waals surface area (Å²) in [6.45, 7) is 0.388. The SMILES string of the molecule is CN(C)CC(=O)Nc1ccc(NC2CCc3ccccc32)cc1. The fourth-order valence-corrected chi connectivity index (χ4v) is 3.05. The molecule has 0 heterocycles. The number of nitrogens with zero attached hydrogens (tertiary/aromatic N) is 1. The Balaban J connectivity index is 1.61. The molecular formula is C19H23N3O. The summed E-state index contributed by atoms with van der Waals surface area (Å²) in [4.78, 5) is 13.6. The van der Waals surface area contributed by atoms with E-state index in [4.69, 9.17) is 0 Å². The molecule has 1 atom stereocenters. The van der Waals surface area contributed by atoms with Crippen LogP contribution in [0.3, 0.4) is 0 Å². The smallest absolute Gasteiger partial charge is 0.238 e. The predicted octanol–water partition coefficient (Wildman–Crippen LogP) is 3.29. The molecule has 23 heavy (non-hydrogen) atoms. The molecule has 1 unspecified atom stereocenters. The Labute approximate surface area is 137 Å². The highest BCUT2D eigenvalue weighted by Gasteiger charge is 2.21. The van der Waals surface area contributed by atoms with Gasteiger partial charge >= 0.3 is 0 Å². The van der Waals surface area contributed by atoms with Gasteiger partial charge < -0.3 is 15.5 Å². The molecule has 0 saturated heterocycles. The molecule has 2 N–H and O–H groups in total. The average molecular weight is 309 g/mol. The number of hydrogen-bond acceptors (Lipinski definition) is 3. The van der Waals surface area contributed by atoms with Crippen molar-refractivity contribution in [3.63, 3.8) is 0 Å². The third-order valence-corrected chi connectivity index (χ3v) is 4.10. The van der Waals surface area contributed by atoms with Gasteiger partial charge in [0.05, 0.1) is 12.6 Å². The molecule has 0 spiro atoms. The van der Waals surface area contributed by atoms with Crippen LogP contribution in [0, 0.1) is 0 Å². The number of likely N-dealkylation sites (N-methyl/N-ethyl adjacent to an activating group) is 1. The lowest BCUT2D eigenvalue weighted by Crippen LogP contribution is -2.27. The first-order chi connectivity index (χ1) is 11.1. The zero-order valence-electron chi connectivity index (χ0n) is 13.7. The van der Waals surface area contributed by atoms with Gasteiger partial charge in [0.15, 0.2) is 0 Å². The van der Waals surface area contributed by atoms with E-state index in [2.05, 4.69) is 34.9 Å². The minimum absolute atomic E-state index is 0.000398. The molecule has 0 fully saturated rings. The quantitative estimate of drug-likeness (QED) is 0.891. The molecule has 120 valence electrons. The lowest BCUT2D eigenvalue weighted by Gasteiger charge is -2.16. The van der Waals surface area contributed by atoms with E-state index in [0.29, 0.717) is 12.6 Å². The van der Waals surface area contributed by atoms with Crippen molar-refractivity contribution in [3.05, 3.63) is 59.7 Å². The van der Waals surface area contributed by atoms with E-state index in [0.717, 1.165) is 24.2 Å². The van der Waals surface area contributed by atoms with Crippen molar-refractivity contribution in [3.8, 4) is 0 Å². The highest BCUT2D eigenvalue weighted by molar-refractivity contribution is 5.92. The first-order valence-corrected chi connectivity index (χ1v) is 8.01. The summed E-state index contributed by atoms with van der Waals surface area (Å²) >= 11 is 0. The Bertz CT molecular complexity index is 679. The maximum absolute atomic E-state index is 11.8. The molecule has 0 saturated carbocycles. The monoisotopic (exact) mass is 309 g/mol. The van der Waals surface area contributed by atoms with E-state index >= 15 is 0 Å². The van der Waals surface area contributed by atoms with E-state index in [1.165, 1.54) is 11.1 Å². The van der Waals surface area contributed by atoms with Crippen molar-refractivity contribution in [2.75, 3.05) is 31.3 Å². The number of fused-ring (bicyclic) bond motifs is 1. The lowest BCUT2D eigenvalue weighted by atomic mass is 10.1. The zero-order valence-corrected chi connectivity index (χ0v) is 13.7. The van der Waals surface area contributed by atoms with E-state index < -0.39 is 0 Å². The molecule has 2 aromatic carbocycles. The van der Waals surface area contributed by atoms with Gasteiger partial charge in [-0.25, -0.2) is 0 Å². The molecule has 4 heteroatoms. The maximum atomic E-state index is 11.8. The van der Waals surface area contributed by atoms with Crippen molar-refractivity contribution in [1.29, 1.82) is 0 Å². The molecule has 0 radical (unpaired) electrons. The van der Waals surface area contributed by atoms with Crippen molar-refractivity contribution >= 4 is 17.3 Å². The van der Waals surface area contributed by atoms with Gasteiger partial charge in [0.2, 0.25) is 5.91 Å². The first-order valence-electron chi connectivity index (χ1n) is 8.01. The number of carbonyl (C=O) groups is 1. The van der Waals surface area contributed by atoms with Crippen LogP contribution >= 0.6 is 0 Å². The Hall–Kier alpha value is -2.33. The number of aryl methyl sites for hydroxylation is 1.